The molecule has 7 heteroatoms. The predicted octanol–water partition coefficient (Wildman–Crippen LogP) is 4.46. The minimum absolute atomic E-state index is 0.115. The molecule has 0 bridgehead atoms. The number of carbonyl (C=O) groups is 2. The van der Waals surface area contributed by atoms with Gasteiger partial charge in [0.2, 0.25) is 0 Å². The zero-order valence-electron chi connectivity index (χ0n) is 19.8. The van der Waals surface area contributed by atoms with Gasteiger partial charge in [0.25, 0.3) is 0 Å². The normalized spacial score (nSPS) is 24.8. The van der Waals surface area contributed by atoms with Gasteiger partial charge in [0.1, 0.15) is 0 Å². The van der Waals surface area contributed by atoms with Crippen LogP contribution in [0.5, 0.6) is 0 Å². The van der Waals surface area contributed by atoms with Crippen LogP contribution in [0.1, 0.15) is 46.1 Å². The maximum atomic E-state index is 12.7. The van der Waals surface area contributed by atoms with E-state index >= 15 is 0 Å². The summed E-state index contributed by atoms with van der Waals surface area (Å²) in [5, 5.41) is 0. The third-order valence-electron chi connectivity index (χ3n) is 6.85. The highest BCUT2D eigenvalue weighted by Crippen LogP contribution is 2.48. The zero-order valence-corrected chi connectivity index (χ0v) is 19.8. The molecule has 172 valence electrons. The van der Waals surface area contributed by atoms with Crippen molar-refractivity contribution in [2.75, 3.05) is 14.2 Å². The van der Waals surface area contributed by atoms with E-state index in [1.165, 1.54) is 14.2 Å². The summed E-state index contributed by atoms with van der Waals surface area (Å²) in [5.74, 6) is -1.24. The quantitative estimate of drug-likeness (QED) is 0.282. The van der Waals surface area contributed by atoms with E-state index in [0.717, 1.165) is 11.1 Å². The van der Waals surface area contributed by atoms with Crippen LogP contribution in [-0.4, -0.2) is 44.5 Å². The molecule has 6 nitrogen and oxygen atoms in total. The summed E-state index contributed by atoms with van der Waals surface area (Å²) >= 11 is 0. The first-order valence-corrected chi connectivity index (χ1v) is 11.0. The van der Waals surface area contributed by atoms with Gasteiger partial charge in [0.05, 0.1) is 25.4 Å². The van der Waals surface area contributed by atoms with Crippen LogP contribution in [0.15, 0.2) is 48.1 Å². The van der Waals surface area contributed by atoms with Crippen LogP contribution in [0.25, 0.3) is 6.08 Å². The van der Waals surface area contributed by atoms with Crippen LogP contribution in [0.3, 0.4) is 0 Å². The van der Waals surface area contributed by atoms with E-state index in [9.17, 15) is 9.59 Å². The number of hydrogen-bond acceptors (Lipinski definition) is 6. The number of ether oxygens (including phenoxy) is 2. The third-order valence-corrected chi connectivity index (χ3v) is 6.85. The number of hydrogen-bond donors (Lipinski definition) is 0. The van der Waals surface area contributed by atoms with Crippen molar-refractivity contribution >= 4 is 25.1 Å². The fourth-order valence-corrected chi connectivity index (χ4v) is 4.37. The maximum absolute atomic E-state index is 12.7. The molecule has 1 unspecified atom stereocenters. The fraction of sp³-hybridized carbons (Fsp3) is 0.520. The molecule has 2 fully saturated rings. The van der Waals surface area contributed by atoms with Gasteiger partial charge < -0.3 is 18.8 Å². The summed E-state index contributed by atoms with van der Waals surface area (Å²) in [6.07, 6.45) is 7.21. The standard InChI is InChI=1S/C25H33BO6/c1-23(2)24(3,4)32-26(31-23)14-10-13-19-16-25(21(27)29-5,22(28)30-6)17-20(19)15-18-11-8-7-9-12-18/h7-13,15,19H,14,16-17H2,1-6H3/b13-10+,20-15+. The van der Waals surface area contributed by atoms with Gasteiger partial charge in [0, 0.05) is 6.32 Å². The lowest BCUT2D eigenvalue weighted by Gasteiger charge is -2.32. The van der Waals surface area contributed by atoms with Crippen molar-refractivity contribution in [1.82, 2.24) is 0 Å². The first-order chi connectivity index (χ1) is 15.0. The van der Waals surface area contributed by atoms with Gasteiger partial charge in [-0.25, -0.2) is 0 Å². The molecule has 1 saturated carbocycles. The van der Waals surface area contributed by atoms with Gasteiger partial charge in [-0.1, -0.05) is 54.1 Å². The van der Waals surface area contributed by atoms with E-state index in [1.807, 2.05) is 76.3 Å². The molecule has 1 atom stereocenters. The Labute approximate surface area is 191 Å². The molecule has 3 rings (SSSR count). The first-order valence-electron chi connectivity index (χ1n) is 11.0. The largest absolute Gasteiger partial charge is 0.468 e. The van der Waals surface area contributed by atoms with Crippen LogP contribution in [-0.2, 0) is 28.4 Å². The second-order valence-electron chi connectivity index (χ2n) is 9.53. The molecule has 0 amide bonds. The van der Waals surface area contributed by atoms with E-state index in [2.05, 4.69) is 0 Å². The highest BCUT2D eigenvalue weighted by atomic mass is 16.7. The second-order valence-corrected chi connectivity index (χ2v) is 9.53. The molecule has 0 aromatic heterocycles. The molecule has 1 heterocycles. The Morgan fingerprint density at radius 1 is 1.03 bits per heavy atom. The molecule has 0 spiro atoms. The van der Waals surface area contributed by atoms with Gasteiger partial charge in [-0.3, -0.25) is 9.59 Å². The van der Waals surface area contributed by atoms with Crippen molar-refractivity contribution in [3.63, 3.8) is 0 Å². The molecule has 1 aromatic carbocycles. The van der Waals surface area contributed by atoms with Crippen LogP contribution in [0, 0.1) is 11.3 Å². The van der Waals surface area contributed by atoms with Crippen LogP contribution in [0.2, 0.25) is 6.32 Å². The smallest absolute Gasteiger partial charge is 0.461 e. The van der Waals surface area contributed by atoms with Crippen molar-refractivity contribution in [1.29, 1.82) is 0 Å². The average Bonchev–Trinajstić information content (AvgIpc) is 3.21. The number of methoxy groups -OCH3 is 2. The summed E-state index contributed by atoms with van der Waals surface area (Å²) in [6, 6.07) is 9.85. The van der Waals surface area contributed by atoms with Crippen molar-refractivity contribution in [3.05, 3.63) is 53.6 Å². The average molecular weight is 440 g/mol. The molecule has 0 N–H and O–H groups in total. The van der Waals surface area contributed by atoms with Crippen LogP contribution in [0.4, 0.5) is 0 Å². The molecule has 1 aliphatic heterocycles. The van der Waals surface area contributed by atoms with Gasteiger partial charge in [-0.15, -0.1) is 0 Å². The van der Waals surface area contributed by atoms with Gasteiger partial charge in [-0.2, -0.15) is 0 Å². The summed E-state index contributed by atoms with van der Waals surface area (Å²) < 4.78 is 22.1. The molecular formula is C25H33BO6. The SMILES string of the molecule is COC(=O)C1(C(=O)OC)C/C(=C\c2ccccc2)C(/C=C/CB2OC(C)(C)C(C)(C)O2)C1. The lowest BCUT2D eigenvalue weighted by atomic mass is 9.83. The Morgan fingerprint density at radius 3 is 2.12 bits per heavy atom. The van der Waals surface area contributed by atoms with E-state index in [4.69, 9.17) is 18.8 Å². The van der Waals surface area contributed by atoms with E-state index in [1.54, 1.807) is 0 Å². The fourth-order valence-electron chi connectivity index (χ4n) is 4.37. The number of allylic oxidation sites excluding steroid dienone is 3. The topological polar surface area (TPSA) is 71.1 Å². The minimum Gasteiger partial charge on any atom is -0.468 e. The summed E-state index contributed by atoms with van der Waals surface area (Å²) in [6.45, 7) is 8.09. The monoisotopic (exact) mass is 440 g/mol. The van der Waals surface area contributed by atoms with Crippen molar-refractivity contribution in [2.24, 2.45) is 11.3 Å². The second kappa shape index (κ2) is 9.24. The first kappa shape index (κ1) is 24.3. The van der Waals surface area contributed by atoms with Crippen LogP contribution >= 0.6 is 0 Å². The number of carbonyl (C=O) groups excluding carboxylic acids is 2. The molecule has 2 aliphatic rings. The lowest BCUT2D eigenvalue weighted by molar-refractivity contribution is -0.168. The highest BCUT2D eigenvalue weighted by molar-refractivity contribution is 6.46. The Balaban J connectivity index is 1.85. The van der Waals surface area contributed by atoms with Gasteiger partial charge >= 0.3 is 19.1 Å². The predicted molar refractivity (Wildman–Crippen MR) is 124 cm³/mol. The van der Waals surface area contributed by atoms with Gasteiger partial charge in [-0.05, 0) is 52.0 Å². The van der Waals surface area contributed by atoms with Crippen molar-refractivity contribution in [3.8, 4) is 0 Å². The summed E-state index contributed by atoms with van der Waals surface area (Å²) in [5.41, 5.74) is -0.122. The minimum atomic E-state index is -1.34. The number of rotatable bonds is 6. The van der Waals surface area contributed by atoms with Crippen molar-refractivity contribution < 1.29 is 28.4 Å². The number of esters is 2. The van der Waals surface area contributed by atoms with E-state index in [-0.39, 0.29) is 30.7 Å². The molecule has 1 saturated heterocycles. The molecule has 0 radical (unpaired) electrons. The lowest BCUT2D eigenvalue weighted by Crippen LogP contribution is -2.41. The summed E-state index contributed by atoms with van der Waals surface area (Å²) in [4.78, 5) is 25.4. The van der Waals surface area contributed by atoms with Crippen LogP contribution < -0.4 is 0 Å². The van der Waals surface area contributed by atoms with Gasteiger partial charge in [0.15, 0.2) is 5.41 Å². The van der Waals surface area contributed by atoms with E-state index in [0.29, 0.717) is 12.7 Å². The molecule has 32 heavy (non-hydrogen) atoms. The maximum Gasteiger partial charge on any atom is 0.461 e. The highest BCUT2D eigenvalue weighted by Gasteiger charge is 2.55. The Bertz CT molecular complexity index is 870. The zero-order chi connectivity index (χ0) is 23.6. The Morgan fingerprint density at radius 2 is 1.59 bits per heavy atom. The Hall–Kier alpha value is -2.38. The summed E-state index contributed by atoms with van der Waals surface area (Å²) in [7, 11) is 2.26. The third kappa shape index (κ3) is 4.69. The van der Waals surface area contributed by atoms with E-state index < -0.39 is 17.4 Å². The molecule has 1 aliphatic carbocycles. The molecule has 1 aromatic rings. The Kier molecular flexibility index (Phi) is 7.01. The number of benzene rings is 1. The molecular weight excluding hydrogens is 407 g/mol. The van der Waals surface area contributed by atoms with Crippen molar-refractivity contribution in [2.45, 2.75) is 58.1 Å².